The van der Waals surface area contributed by atoms with Crippen molar-refractivity contribution >= 4 is 17.3 Å². The molecule has 15 heavy (non-hydrogen) atoms. The molecule has 0 spiro atoms. The summed E-state index contributed by atoms with van der Waals surface area (Å²) in [5.41, 5.74) is -0.0138. The van der Waals surface area contributed by atoms with E-state index in [9.17, 15) is 15.2 Å². The Morgan fingerprint density at radius 1 is 1.53 bits per heavy atom. The number of hydrogen-bond acceptors (Lipinski definition) is 3. The van der Waals surface area contributed by atoms with Gasteiger partial charge in [-0.25, -0.2) is 0 Å². The molecule has 0 saturated carbocycles. The number of halogens is 1. The van der Waals surface area contributed by atoms with Crippen molar-refractivity contribution in [3.8, 4) is 0 Å². The molecular formula is C10H12ClNO3. The molecule has 1 N–H and O–H groups in total. The fraction of sp³-hybridized carbons (Fsp3) is 0.400. The molecule has 0 aromatic heterocycles. The lowest BCUT2D eigenvalue weighted by atomic mass is 9.85. The molecule has 0 aliphatic rings. The number of hydrogen-bond donors (Lipinski definition) is 1. The molecule has 0 saturated heterocycles. The number of nitrogens with zero attached hydrogens (tertiary/aromatic N) is 1. The summed E-state index contributed by atoms with van der Waals surface area (Å²) in [5.74, 6) is 0. The van der Waals surface area contributed by atoms with Gasteiger partial charge in [0.25, 0.3) is 5.69 Å². The van der Waals surface area contributed by atoms with Crippen LogP contribution in [0.5, 0.6) is 0 Å². The topological polar surface area (TPSA) is 63.4 Å². The van der Waals surface area contributed by atoms with Gasteiger partial charge in [-0.3, -0.25) is 10.1 Å². The van der Waals surface area contributed by atoms with E-state index in [1.165, 1.54) is 18.2 Å². The Balaban J connectivity index is 3.28. The highest BCUT2D eigenvalue weighted by molar-refractivity contribution is 6.31. The average Bonchev–Trinajstić information content (AvgIpc) is 2.17. The predicted octanol–water partition coefficient (Wildman–Crippen LogP) is 2.52. The predicted molar refractivity (Wildman–Crippen MR) is 58.2 cm³/mol. The van der Waals surface area contributed by atoms with Crippen LogP contribution in [0, 0.1) is 10.1 Å². The lowest BCUT2D eigenvalue weighted by Crippen LogP contribution is -2.22. The van der Waals surface area contributed by atoms with E-state index in [0.29, 0.717) is 10.6 Å². The number of rotatable bonds is 3. The van der Waals surface area contributed by atoms with Gasteiger partial charge in [0, 0.05) is 22.6 Å². The number of aliphatic hydroxyl groups is 1. The van der Waals surface area contributed by atoms with Gasteiger partial charge in [-0.2, -0.15) is 0 Å². The molecule has 82 valence electrons. The Morgan fingerprint density at radius 2 is 2.13 bits per heavy atom. The monoisotopic (exact) mass is 229 g/mol. The average molecular weight is 230 g/mol. The minimum atomic E-state index is -0.580. The number of nitro benzene ring substituents is 1. The van der Waals surface area contributed by atoms with Gasteiger partial charge in [-0.05, 0) is 11.6 Å². The van der Waals surface area contributed by atoms with Crippen LogP contribution in [0.4, 0.5) is 5.69 Å². The maximum absolute atomic E-state index is 10.6. The quantitative estimate of drug-likeness (QED) is 0.640. The molecule has 0 amide bonds. The van der Waals surface area contributed by atoms with Crippen LogP contribution in [0.1, 0.15) is 19.4 Å². The lowest BCUT2D eigenvalue weighted by Gasteiger charge is -2.23. The summed E-state index contributed by atoms with van der Waals surface area (Å²) in [6.45, 7) is 3.43. The fourth-order valence-corrected chi connectivity index (χ4v) is 1.60. The van der Waals surface area contributed by atoms with Crippen molar-refractivity contribution in [2.24, 2.45) is 0 Å². The summed E-state index contributed by atoms with van der Waals surface area (Å²) in [6.07, 6.45) is 0. The van der Waals surface area contributed by atoms with E-state index in [1.807, 2.05) is 0 Å². The summed E-state index contributed by atoms with van der Waals surface area (Å²) >= 11 is 5.93. The lowest BCUT2D eigenvalue weighted by molar-refractivity contribution is -0.385. The zero-order valence-electron chi connectivity index (χ0n) is 8.53. The zero-order valence-corrected chi connectivity index (χ0v) is 9.28. The van der Waals surface area contributed by atoms with Crippen molar-refractivity contribution in [3.05, 3.63) is 38.9 Å². The molecule has 0 bridgehead atoms. The smallest absolute Gasteiger partial charge is 0.269 e. The normalized spacial score (nSPS) is 11.5. The van der Waals surface area contributed by atoms with Crippen LogP contribution in [0.25, 0.3) is 0 Å². The molecule has 1 aromatic carbocycles. The highest BCUT2D eigenvalue weighted by Gasteiger charge is 2.24. The summed E-state index contributed by atoms with van der Waals surface area (Å²) in [5, 5.41) is 20.2. The Labute approximate surface area is 92.6 Å². The van der Waals surface area contributed by atoms with E-state index < -0.39 is 10.3 Å². The third-order valence-electron chi connectivity index (χ3n) is 2.29. The second-order valence-corrected chi connectivity index (χ2v) is 4.37. The Kier molecular flexibility index (Phi) is 3.31. The molecule has 0 aliphatic heterocycles. The first kappa shape index (κ1) is 11.9. The van der Waals surface area contributed by atoms with Crippen LogP contribution in [-0.2, 0) is 5.41 Å². The molecule has 4 nitrogen and oxygen atoms in total. The molecule has 0 aliphatic carbocycles. The molecule has 0 atom stereocenters. The van der Waals surface area contributed by atoms with Gasteiger partial charge in [0.05, 0.1) is 11.5 Å². The largest absolute Gasteiger partial charge is 0.395 e. The van der Waals surface area contributed by atoms with Crippen LogP contribution in [-0.4, -0.2) is 16.6 Å². The number of aliphatic hydroxyl groups excluding tert-OH is 1. The minimum absolute atomic E-state index is 0.0177. The molecule has 0 unspecified atom stereocenters. The van der Waals surface area contributed by atoms with Gasteiger partial charge >= 0.3 is 0 Å². The number of nitro groups is 1. The van der Waals surface area contributed by atoms with Crippen molar-refractivity contribution in [1.29, 1.82) is 0 Å². The molecular weight excluding hydrogens is 218 g/mol. The van der Waals surface area contributed by atoms with E-state index >= 15 is 0 Å². The fourth-order valence-electron chi connectivity index (χ4n) is 1.23. The maximum atomic E-state index is 10.6. The van der Waals surface area contributed by atoms with Crippen molar-refractivity contribution < 1.29 is 10.0 Å². The van der Waals surface area contributed by atoms with Crippen molar-refractivity contribution in [2.45, 2.75) is 19.3 Å². The molecule has 0 radical (unpaired) electrons. The van der Waals surface area contributed by atoms with Crippen molar-refractivity contribution in [2.75, 3.05) is 6.61 Å². The van der Waals surface area contributed by atoms with Gasteiger partial charge in [0.1, 0.15) is 0 Å². The van der Waals surface area contributed by atoms with Gasteiger partial charge < -0.3 is 5.11 Å². The zero-order chi connectivity index (χ0) is 11.6. The first-order valence-corrected chi connectivity index (χ1v) is 4.81. The van der Waals surface area contributed by atoms with E-state index in [4.69, 9.17) is 11.6 Å². The van der Waals surface area contributed by atoms with Gasteiger partial charge in [0.2, 0.25) is 0 Å². The SMILES string of the molecule is CC(C)(CO)c1cc([N+](=O)[O-])ccc1Cl. The highest BCUT2D eigenvalue weighted by atomic mass is 35.5. The Morgan fingerprint density at radius 3 is 2.60 bits per heavy atom. The molecule has 0 fully saturated rings. The summed E-state index contributed by atoms with van der Waals surface area (Å²) in [7, 11) is 0. The summed E-state index contributed by atoms with van der Waals surface area (Å²) < 4.78 is 0. The van der Waals surface area contributed by atoms with Crippen molar-refractivity contribution in [3.63, 3.8) is 0 Å². The van der Waals surface area contributed by atoms with Gasteiger partial charge in [-0.1, -0.05) is 25.4 Å². The second-order valence-electron chi connectivity index (χ2n) is 3.96. The Hall–Kier alpha value is -1.13. The molecule has 5 heteroatoms. The van der Waals surface area contributed by atoms with Crippen LogP contribution in [0.3, 0.4) is 0 Å². The maximum Gasteiger partial charge on any atom is 0.269 e. The van der Waals surface area contributed by atoms with Crippen LogP contribution in [0.2, 0.25) is 5.02 Å². The molecule has 0 heterocycles. The van der Waals surface area contributed by atoms with E-state index in [0.717, 1.165) is 0 Å². The van der Waals surface area contributed by atoms with Crippen LogP contribution < -0.4 is 0 Å². The molecule has 1 rings (SSSR count). The first-order chi connectivity index (χ1) is 6.88. The second kappa shape index (κ2) is 4.16. The summed E-state index contributed by atoms with van der Waals surface area (Å²) in [4.78, 5) is 10.1. The van der Waals surface area contributed by atoms with Crippen LogP contribution in [0.15, 0.2) is 18.2 Å². The van der Waals surface area contributed by atoms with Crippen LogP contribution >= 0.6 is 11.6 Å². The standard InChI is InChI=1S/C10H12ClNO3/c1-10(2,6-13)8-5-7(12(14)15)3-4-9(8)11/h3-5,13H,6H2,1-2H3. The third-order valence-corrected chi connectivity index (χ3v) is 2.61. The highest BCUT2D eigenvalue weighted by Crippen LogP contribution is 2.32. The van der Waals surface area contributed by atoms with Gasteiger partial charge in [0.15, 0.2) is 0 Å². The molecule has 1 aromatic rings. The Bertz CT molecular complexity index is 390. The van der Waals surface area contributed by atoms with E-state index in [-0.39, 0.29) is 12.3 Å². The number of non-ortho nitro benzene ring substituents is 1. The van der Waals surface area contributed by atoms with Gasteiger partial charge in [-0.15, -0.1) is 0 Å². The minimum Gasteiger partial charge on any atom is -0.395 e. The third kappa shape index (κ3) is 2.46. The summed E-state index contributed by atoms with van der Waals surface area (Å²) in [6, 6.07) is 4.23. The first-order valence-electron chi connectivity index (χ1n) is 4.44. The number of benzene rings is 1. The van der Waals surface area contributed by atoms with Crippen molar-refractivity contribution in [1.82, 2.24) is 0 Å². The van der Waals surface area contributed by atoms with E-state index in [1.54, 1.807) is 13.8 Å². The van der Waals surface area contributed by atoms with E-state index in [2.05, 4.69) is 0 Å².